The molecule has 2 fully saturated rings. The van der Waals surface area contributed by atoms with E-state index in [0.717, 1.165) is 38.0 Å². The lowest BCUT2D eigenvalue weighted by molar-refractivity contribution is -0.137. The summed E-state index contributed by atoms with van der Waals surface area (Å²) < 4.78 is 17.6. The first-order valence-electron chi connectivity index (χ1n) is 13.3. The minimum absolute atomic E-state index is 0.0168. The monoisotopic (exact) mass is 547 g/mol. The Morgan fingerprint density at radius 2 is 1.92 bits per heavy atom. The average Bonchev–Trinajstić information content (AvgIpc) is 3.20. The van der Waals surface area contributed by atoms with Crippen molar-refractivity contribution in [2.24, 2.45) is 11.8 Å². The van der Waals surface area contributed by atoms with Crippen molar-refractivity contribution in [1.82, 2.24) is 15.0 Å². The van der Waals surface area contributed by atoms with Crippen molar-refractivity contribution in [3.8, 4) is 11.8 Å². The van der Waals surface area contributed by atoms with E-state index in [2.05, 4.69) is 40.6 Å². The number of unbranched alkanes of at least 4 members (excludes halogenated alkanes) is 1. The van der Waals surface area contributed by atoms with Gasteiger partial charge in [-0.25, -0.2) is 15.0 Å². The maximum Gasteiger partial charge on any atom is 0.305 e. The maximum atomic E-state index is 11.6. The average molecular weight is 548 g/mol. The van der Waals surface area contributed by atoms with Gasteiger partial charge in [0.2, 0.25) is 11.8 Å². The second-order valence-corrected chi connectivity index (χ2v) is 10.6. The molecule has 1 N–H and O–H groups in total. The number of carboxylic acids is 1. The van der Waals surface area contributed by atoms with Gasteiger partial charge in [-0.2, -0.15) is 0 Å². The van der Waals surface area contributed by atoms with Crippen LogP contribution in [0.1, 0.15) is 46.5 Å². The van der Waals surface area contributed by atoms with Crippen LogP contribution < -0.4 is 19.3 Å². The Hall–Kier alpha value is -2.85. The lowest BCUT2D eigenvalue weighted by Crippen LogP contribution is -2.44. The highest BCUT2D eigenvalue weighted by Crippen LogP contribution is 2.34. The van der Waals surface area contributed by atoms with E-state index in [9.17, 15) is 9.90 Å². The van der Waals surface area contributed by atoms with Crippen LogP contribution in [0.15, 0.2) is 24.7 Å². The molecule has 208 valence electrons. The predicted octanol–water partition coefficient (Wildman–Crippen LogP) is 4.31. The van der Waals surface area contributed by atoms with E-state index < -0.39 is 5.97 Å². The first-order chi connectivity index (χ1) is 18.3. The van der Waals surface area contributed by atoms with E-state index in [1.54, 1.807) is 25.7 Å². The van der Waals surface area contributed by atoms with E-state index in [-0.39, 0.29) is 36.5 Å². The Labute approximate surface area is 229 Å². The van der Waals surface area contributed by atoms with E-state index in [1.807, 2.05) is 11.0 Å². The number of rotatable bonds is 11. The van der Waals surface area contributed by atoms with Crippen LogP contribution in [0.5, 0.6) is 11.8 Å². The van der Waals surface area contributed by atoms with E-state index in [4.69, 9.17) is 25.8 Å². The number of carbonyl (C=O) groups is 1. The smallest absolute Gasteiger partial charge is 0.305 e. The molecule has 2 saturated heterocycles. The van der Waals surface area contributed by atoms with E-state index in [0.29, 0.717) is 35.8 Å². The van der Waals surface area contributed by atoms with Gasteiger partial charge >= 0.3 is 5.97 Å². The molecular weight excluding hydrogens is 510 g/mol. The molecule has 4 rings (SSSR count). The maximum absolute atomic E-state index is 11.6. The number of hydrogen-bond acceptors (Lipinski definition) is 9. The van der Waals surface area contributed by atoms with Gasteiger partial charge < -0.3 is 29.1 Å². The molecule has 0 unspecified atom stereocenters. The molecule has 2 aromatic rings. The zero-order valence-electron chi connectivity index (χ0n) is 22.5. The third-order valence-corrected chi connectivity index (χ3v) is 7.84. The summed E-state index contributed by atoms with van der Waals surface area (Å²) in [4.78, 5) is 29.1. The number of anilines is 2. The van der Waals surface area contributed by atoms with Gasteiger partial charge in [0, 0.05) is 56.6 Å². The standard InChI is InChI=1S/C27H38ClN5O5/c1-5-6-9-37-23-16-33(20(18(23)3)11-27(34)35)24-13-31-26(14-29-24)38-22-7-8-32(15-17(22)2)21-10-25(36-4)30-12-19(21)28/h10,12-14,17-18,20,22-23H,5-9,11,15-16H2,1-4H3,(H,34,35)/t17-,18+,20+,22-,23+/m1/s1. The molecule has 0 saturated carbocycles. The fourth-order valence-corrected chi connectivity index (χ4v) is 5.53. The molecule has 2 aromatic heterocycles. The Morgan fingerprint density at radius 1 is 1.13 bits per heavy atom. The molecule has 0 amide bonds. The summed E-state index contributed by atoms with van der Waals surface area (Å²) >= 11 is 6.40. The van der Waals surface area contributed by atoms with Gasteiger partial charge in [-0.05, 0) is 6.42 Å². The number of piperidine rings is 1. The first kappa shape index (κ1) is 28.2. The van der Waals surface area contributed by atoms with Crippen molar-refractivity contribution in [2.45, 2.75) is 64.7 Å². The van der Waals surface area contributed by atoms with Crippen molar-refractivity contribution < 1.29 is 24.1 Å². The number of methoxy groups -OCH3 is 1. The van der Waals surface area contributed by atoms with E-state index >= 15 is 0 Å². The van der Waals surface area contributed by atoms with E-state index in [1.165, 1.54) is 0 Å². The van der Waals surface area contributed by atoms with Gasteiger partial charge in [0.05, 0.1) is 48.9 Å². The van der Waals surface area contributed by atoms with Crippen molar-refractivity contribution >= 4 is 29.1 Å². The summed E-state index contributed by atoms with van der Waals surface area (Å²) in [7, 11) is 1.59. The highest BCUT2D eigenvalue weighted by atomic mass is 35.5. The Bertz CT molecular complexity index is 1070. The quantitative estimate of drug-likeness (QED) is 0.408. The minimum atomic E-state index is -0.833. The topological polar surface area (TPSA) is 110 Å². The molecule has 5 atom stereocenters. The number of aliphatic carboxylic acids is 1. The summed E-state index contributed by atoms with van der Waals surface area (Å²) in [6.07, 6.45) is 7.73. The molecule has 2 aliphatic rings. The molecule has 38 heavy (non-hydrogen) atoms. The summed E-state index contributed by atoms with van der Waals surface area (Å²) in [6, 6.07) is 1.65. The third kappa shape index (κ3) is 6.58. The van der Waals surface area contributed by atoms with Crippen molar-refractivity contribution in [3.05, 3.63) is 29.7 Å². The molecule has 0 aromatic carbocycles. The number of nitrogens with zero attached hydrogens (tertiary/aromatic N) is 5. The SMILES string of the molecule is CCCCO[C@H]1CN(c2cnc(O[C@@H]3CCN(c4cc(OC)ncc4Cl)C[C@H]3C)cn2)[C@@H](CC(=O)O)[C@@H]1C. The van der Waals surface area contributed by atoms with Crippen LogP contribution >= 0.6 is 11.6 Å². The lowest BCUT2D eigenvalue weighted by atomic mass is 9.96. The number of pyridine rings is 1. The van der Waals surface area contributed by atoms with Crippen molar-refractivity contribution in [2.75, 3.05) is 43.2 Å². The molecule has 0 spiro atoms. The predicted molar refractivity (Wildman–Crippen MR) is 145 cm³/mol. The van der Waals surface area contributed by atoms with Crippen LogP contribution in [0.25, 0.3) is 0 Å². The fraction of sp³-hybridized carbons (Fsp3) is 0.630. The number of aromatic nitrogens is 3. The largest absolute Gasteiger partial charge is 0.481 e. The summed E-state index contributed by atoms with van der Waals surface area (Å²) in [5, 5.41) is 10.1. The van der Waals surface area contributed by atoms with Gasteiger partial charge in [-0.1, -0.05) is 38.8 Å². The summed E-state index contributed by atoms with van der Waals surface area (Å²) in [6.45, 7) is 9.13. The second kappa shape index (κ2) is 12.8. The van der Waals surface area contributed by atoms with Gasteiger partial charge in [-0.3, -0.25) is 4.79 Å². The van der Waals surface area contributed by atoms with Crippen LogP contribution in [0.2, 0.25) is 5.02 Å². The molecule has 4 heterocycles. The number of ether oxygens (including phenoxy) is 3. The Kier molecular flexibility index (Phi) is 9.49. The number of carboxylic acid groups (broad SMARTS) is 1. The lowest BCUT2D eigenvalue weighted by Gasteiger charge is -2.38. The molecule has 0 bridgehead atoms. The zero-order chi connectivity index (χ0) is 27.2. The summed E-state index contributed by atoms with van der Waals surface area (Å²) in [5.74, 6) is 1.09. The fourth-order valence-electron chi connectivity index (χ4n) is 5.30. The van der Waals surface area contributed by atoms with Crippen LogP contribution in [-0.2, 0) is 9.53 Å². The molecule has 11 heteroatoms. The minimum Gasteiger partial charge on any atom is -0.481 e. The summed E-state index contributed by atoms with van der Waals surface area (Å²) in [5.41, 5.74) is 0.903. The Balaban J connectivity index is 1.39. The van der Waals surface area contributed by atoms with Gasteiger partial charge in [-0.15, -0.1) is 0 Å². The van der Waals surface area contributed by atoms with Crippen molar-refractivity contribution in [1.29, 1.82) is 0 Å². The molecule has 0 aliphatic carbocycles. The zero-order valence-corrected chi connectivity index (χ0v) is 23.3. The molecule has 2 aliphatic heterocycles. The first-order valence-corrected chi connectivity index (χ1v) is 13.7. The Morgan fingerprint density at radius 3 is 2.58 bits per heavy atom. The van der Waals surface area contributed by atoms with Gasteiger partial charge in [0.1, 0.15) is 11.9 Å². The van der Waals surface area contributed by atoms with Gasteiger partial charge in [0.25, 0.3) is 0 Å². The van der Waals surface area contributed by atoms with Crippen LogP contribution in [0.3, 0.4) is 0 Å². The highest BCUT2D eigenvalue weighted by molar-refractivity contribution is 6.33. The van der Waals surface area contributed by atoms with Crippen LogP contribution in [0, 0.1) is 11.8 Å². The number of hydrogen-bond donors (Lipinski definition) is 1. The van der Waals surface area contributed by atoms with Gasteiger partial charge in [0.15, 0.2) is 0 Å². The number of halogens is 1. The van der Waals surface area contributed by atoms with Crippen molar-refractivity contribution in [3.63, 3.8) is 0 Å². The molecule has 0 radical (unpaired) electrons. The van der Waals surface area contributed by atoms with Crippen LogP contribution in [0.4, 0.5) is 11.5 Å². The van der Waals surface area contributed by atoms with Crippen LogP contribution in [-0.4, -0.2) is 77.6 Å². The molecular formula is C27H38ClN5O5. The normalized spacial score (nSPS) is 25.4. The third-order valence-electron chi connectivity index (χ3n) is 7.55. The second-order valence-electron chi connectivity index (χ2n) is 10.2. The molecule has 10 nitrogen and oxygen atoms in total. The highest BCUT2D eigenvalue weighted by Gasteiger charge is 2.41.